The van der Waals surface area contributed by atoms with Gasteiger partial charge in [0.15, 0.2) is 11.6 Å². The number of carbonyl (C=O) groups excluding carboxylic acids is 2. The molecule has 32 heavy (non-hydrogen) atoms. The summed E-state index contributed by atoms with van der Waals surface area (Å²) in [5.41, 5.74) is 2.36. The molecule has 0 aliphatic heterocycles. The number of nitrogens with zero attached hydrogens (tertiary/aromatic N) is 1. The zero-order valence-corrected chi connectivity index (χ0v) is 20.7. The highest BCUT2D eigenvalue weighted by Crippen LogP contribution is 2.48. The van der Waals surface area contributed by atoms with Crippen molar-refractivity contribution in [1.82, 2.24) is 4.98 Å². The van der Waals surface area contributed by atoms with Crippen LogP contribution in [0.2, 0.25) is 20.1 Å². The second kappa shape index (κ2) is 9.30. The molecule has 1 aliphatic rings. The summed E-state index contributed by atoms with van der Waals surface area (Å²) in [5.74, 6) is -1.60. The van der Waals surface area contributed by atoms with Crippen LogP contribution >= 0.6 is 46.4 Å². The van der Waals surface area contributed by atoms with E-state index >= 15 is 0 Å². The number of rotatable bonds is 6. The van der Waals surface area contributed by atoms with Crippen molar-refractivity contribution in [3.8, 4) is 0 Å². The lowest BCUT2D eigenvalue weighted by molar-refractivity contribution is 0.0888. The predicted molar refractivity (Wildman–Crippen MR) is 132 cm³/mol. The second-order valence-electron chi connectivity index (χ2n) is 8.25. The molecule has 7 heteroatoms. The maximum atomic E-state index is 13.1. The number of hydrogen-bond donors (Lipinski definition) is 0. The molecule has 0 spiro atoms. The first-order valence-corrected chi connectivity index (χ1v) is 12.1. The Morgan fingerprint density at radius 2 is 1.50 bits per heavy atom. The molecule has 1 heterocycles. The molecule has 1 atom stereocenters. The van der Waals surface area contributed by atoms with Crippen LogP contribution in [0.25, 0.3) is 10.9 Å². The van der Waals surface area contributed by atoms with Crippen LogP contribution in [0.5, 0.6) is 0 Å². The van der Waals surface area contributed by atoms with Gasteiger partial charge >= 0.3 is 0 Å². The van der Waals surface area contributed by atoms with Gasteiger partial charge in [-0.2, -0.15) is 0 Å². The van der Waals surface area contributed by atoms with Gasteiger partial charge in [-0.15, -0.1) is 0 Å². The van der Waals surface area contributed by atoms with Crippen molar-refractivity contribution in [3.05, 3.63) is 72.8 Å². The molecule has 0 saturated heterocycles. The van der Waals surface area contributed by atoms with E-state index < -0.39 is 17.5 Å². The standard InChI is InChI=1S/C25H21Cl4NO2/c1-3-4-5-6-12(2)13-7-9-15-14(11-13)8-10-16(30-15)17-24(31)18-19(25(17)32)21(27)23(29)22(28)20(18)26/h7-12,17H,3-6H2,1-2H3. The lowest BCUT2D eigenvalue weighted by Crippen LogP contribution is -2.14. The van der Waals surface area contributed by atoms with Crippen molar-refractivity contribution in [1.29, 1.82) is 0 Å². The smallest absolute Gasteiger partial charge is 0.182 e. The van der Waals surface area contributed by atoms with E-state index in [1.54, 1.807) is 6.07 Å². The Morgan fingerprint density at radius 3 is 2.09 bits per heavy atom. The van der Waals surface area contributed by atoms with E-state index in [9.17, 15) is 9.59 Å². The summed E-state index contributed by atoms with van der Waals surface area (Å²) >= 11 is 24.7. The van der Waals surface area contributed by atoms with Gasteiger partial charge in [0, 0.05) is 5.39 Å². The molecule has 4 rings (SSSR count). The molecular weight excluding hydrogens is 488 g/mol. The average Bonchev–Trinajstić information content (AvgIpc) is 3.05. The molecule has 0 bridgehead atoms. The lowest BCUT2D eigenvalue weighted by Gasteiger charge is -2.13. The highest BCUT2D eigenvalue weighted by molar-refractivity contribution is 6.55. The molecule has 0 saturated carbocycles. The first-order valence-electron chi connectivity index (χ1n) is 10.6. The molecule has 0 radical (unpaired) electrons. The maximum absolute atomic E-state index is 13.1. The molecule has 3 nitrogen and oxygen atoms in total. The number of pyridine rings is 1. The summed E-state index contributed by atoms with van der Waals surface area (Å²) < 4.78 is 0. The van der Waals surface area contributed by atoms with Crippen molar-refractivity contribution >= 4 is 68.9 Å². The maximum Gasteiger partial charge on any atom is 0.182 e. The van der Waals surface area contributed by atoms with E-state index in [2.05, 4.69) is 31.0 Å². The van der Waals surface area contributed by atoms with E-state index in [1.165, 1.54) is 24.8 Å². The molecule has 1 aliphatic carbocycles. The van der Waals surface area contributed by atoms with E-state index in [4.69, 9.17) is 46.4 Å². The normalized spacial score (nSPS) is 14.9. The zero-order valence-electron chi connectivity index (χ0n) is 17.6. The van der Waals surface area contributed by atoms with Gasteiger partial charge in [-0.1, -0.05) is 91.6 Å². The third-order valence-corrected chi connectivity index (χ3v) is 7.93. The third kappa shape index (κ3) is 3.94. The van der Waals surface area contributed by atoms with Gasteiger partial charge in [-0.05, 0) is 36.1 Å². The zero-order chi connectivity index (χ0) is 23.2. The first kappa shape index (κ1) is 23.5. The number of aromatic nitrogens is 1. The highest BCUT2D eigenvalue weighted by atomic mass is 35.5. The summed E-state index contributed by atoms with van der Waals surface area (Å²) in [6.07, 6.45) is 4.78. The highest BCUT2D eigenvalue weighted by Gasteiger charge is 2.45. The van der Waals surface area contributed by atoms with Crippen molar-refractivity contribution in [3.63, 3.8) is 0 Å². The molecule has 1 aromatic heterocycles. The number of halogens is 4. The lowest BCUT2D eigenvalue weighted by atomic mass is 9.93. The topological polar surface area (TPSA) is 47.0 Å². The summed E-state index contributed by atoms with van der Waals surface area (Å²) in [6, 6.07) is 9.74. The molecule has 2 aromatic carbocycles. The second-order valence-corrected chi connectivity index (χ2v) is 9.76. The van der Waals surface area contributed by atoms with Gasteiger partial charge in [0.1, 0.15) is 5.92 Å². The Morgan fingerprint density at radius 1 is 0.875 bits per heavy atom. The number of unbranched alkanes of at least 4 members (excludes halogenated alkanes) is 2. The summed E-state index contributed by atoms with van der Waals surface area (Å²) in [5, 5.41) is 0.779. The molecule has 1 unspecified atom stereocenters. The van der Waals surface area contributed by atoms with Crippen molar-refractivity contribution in [2.24, 2.45) is 0 Å². The van der Waals surface area contributed by atoms with Crippen molar-refractivity contribution < 1.29 is 9.59 Å². The number of hydrogen-bond acceptors (Lipinski definition) is 3. The number of benzene rings is 2. The van der Waals surface area contributed by atoms with Crippen LogP contribution in [0.3, 0.4) is 0 Å². The summed E-state index contributed by atoms with van der Waals surface area (Å²) in [7, 11) is 0. The largest absolute Gasteiger partial charge is 0.293 e. The molecule has 0 amide bonds. The van der Waals surface area contributed by atoms with E-state index in [1.807, 2.05) is 12.1 Å². The Balaban J connectivity index is 1.69. The fourth-order valence-electron chi connectivity index (χ4n) is 4.27. The van der Waals surface area contributed by atoms with Crippen LogP contribution in [-0.2, 0) is 0 Å². The molecule has 0 N–H and O–H groups in total. The van der Waals surface area contributed by atoms with Crippen LogP contribution in [0.15, 0.2) is 30.3 Å². The van der Waals surface area contributed by atoms with Crippen LogP contribution in [-0.4, -0.2) is 16.6 Å². The first-order chi connectivity index (χ1) is 15.3. The van der Waals surface area contributed by atoms with Crippen molar-refractivity contribution in [2.45, 2.75) is 51.4 Å². The number of fused-ring (bicyclic) bond motifs is 2. The Labute approximate surface area is 207 Å². The fourth-order valence-corrected chi connectivity index (χ4v) is 5.30. The Bertz CT molecular complexity index is 1210. The van der Waals surface area contributed by atoms with Crippen LogP contribution in [0.1, 0.15) is 83.3 Å². The van der Waals surface area contributed by atoms with Gasteiger partial charge in [-0.25, -0.2) is 0 Å². The van der Waals surface area contributed by atoms with Crippen LogP contribution in [0, 0.1) is 0 Å². The minimum Gasteiger partial charge on any atom is -0.293 e. The van der Waals surface area contributed by atoms with Crippen LogP contribution < -0.4 is 0 Å². The Hall–Kier alpha value is -1.65. The van der Waals surface area contributed by atoms with E-state index in [0.717, 1.165) is 17.3 Å². The fraction of sp³-hybridized carbons (Fsp3) is 0.320. The van der Waals surface area contributed by atoms with Gasteiger partial charge < -0.3 is 0 Å². The molecule has 3 aromatic rings. The SMILES string of the molecule is CCCCCC(C)c1ccc2nc(C3C(=O)c4c(Cl)c(Cl)c(Cl)c(Cl)c4C3=O)ccc2c1. The predicted octanol–water partition coefficient (Wildman–Crippen LogP) is 8.70. The molecule has 0 fully saturated rings. The van der Waals surface area contributed by atoms with Gasteiger partial charge in [-0.3, -0.25) is 14.6 Å². The van der Waals surface area contributed by atoms with E-state index in [0.29, 0.717) is 11.6 Å². The molecule has 166 valence electrons. The van der Waals surface area contributed by atoms with Crippen molar-refractivity contribution in [2.75, 3.05) is 0 Å². The van der Waals surface area contributed by atoms with Gasteiger partial charge in [0.05, 0.1) is 42.4 Å². The quantitative estimate of drug-likeness (QED) is 0.145. The minimum absolute atomic E-state index is 0.0132. The third-order valence-electron chi connectivity index (χ3n) is 6.12. The monoisotopic (exact) mass is 507 g/mol. The van der Waals surface area contributed by atoms with Gasteiger partial charge in [0.2, 0.25) is 0 Å². The minimum atomic E-state index is -1.12. The van der Waals surface area contributed by atoms with Gasteiger partial charge in [0.25, 0.3) is 0 Å². The number of ketones is 2. The summed E-state index contributed by atoms with van der Waals surface area (Å²) in [4.78, 5) is 30.9. The van der Waals surface area contributed by atoms with Crippen LogP contribution in [0.4, 0.5) is 0 Å². The number of carbonyl (C=O) groups is 2. The average molecular weight is 509 g/mol. The summed E-state index contributed by atoms with van der Waals surface area (Å²) in [6.45, 7) is 4.43. The molecular formula is C25H21Cl4NO2. The van der Waals surface area contributed by atoms with E-state index in [-0.39, 0.29) is 31.2 Å². The number of Topliss-reactive ketones (excluding diaryl/α,β-unsaturated/α-hetero) is 2. The Kier molecular flexibility index (Phi) is 6.84.